The van der Waals surface area contributed by atoms with Crippen LogP contribution in [0.4, 0.5) is 6.01 Å². The standard InChI is InChI=1S/C20H27N5O3S/c1-27-15-2-3-18-16(11-15)22-20(28-18)24-6-4-23(5-7-24)14-10-17(21-12-14)19(26)25-8-9-29-13-25/h2-3,11,14,17,21H,4-10,12-13H2,1H3/t14-,17-/m0/s1. The Morgan fingerprint density at radius 3 is 2.90 bits per heavy atom. The van der Waals surface area contributed by atoms with E-state index in [4.69, 9.17) is 9.15 Å². The first-order valence-electron chi connectivity index (χ1n) is 10.2. The first kappa shape index (κ1) is 19.0. The summed E-state index contributed by atoms with van der Waals surface area (Å²) in [4.78, 5) is 24.0. The number of piperazine rings is 1. The molecule has 4 heterocycles. The van der Waals surface area contributed by atoms with Crippen LogP contribution in [-0.4, -0.2) is 90.8 Å². The number of amides is 1. The number of nitrogens with one attached hydrogen (secondary N) is 1. The quantitative estimate of drug-likeness (QED) is 0.796. The minimum atomic E-state index is -0.0243. The van der Waals surface area contributed by atoms with Gasteiger partial charge in [0.15, 0.2) is 5.58 Å². The van der Waals surface area contributed by atoms with Gasteiger partial charge in [0.25, 0.3) is 6.01 Å². The highest BCUT2D eigenvalue weighted by atomic mass is 32.2. The van der Waals surface area contributed by atoms with Crippen LogP contribution in [-0.2, 0) is 4.79 Å². The molecule has 2 atom stereocenters. The van der Waals surface area contributed by atoms with Crippen LogP contribution in [0.15, 0.2) is 22.6 Å². The molecule has 0 aliphatic carbocycles. The maximum atomic E-state index is 12.6. The van der Waals surface area contributed by atoms with Gasteiger partial charge in [0, 0.05) is 57.1 Å². The van der Waals surface area contributed by atoms with Gasteiger partial charge in [-0.15, -0.1) is 11.8 Å². The smallest absolute Gasteiger partial charge is 0.298 e. The third-order valence-electron chi connectivity index (χ3n) is 6.15. The van der Waals surface area contributed by atoms with Crippen molar-refractivity contribution in [1.29, 1.82) is 0 Å². The summed E-state index contributed by atoms with van der Waals surface area (Å²) in [7, 11) is 1.65. The van der Waals surface area contributed by atoms with Crippen molar-refractivity contribution in [3.05, 3.63) is 18.2 Å². The monoisotopic (exact) mass is 417 g/mol. The lowest BCUT2D eigenvalue weighted by Gasteiger charge is -2.37. The summed E-state index contributed by atoms with van der Waals surface area (Å²) in [6.45, 7) is 5.44. The van der Waals surface area contributed by atoms with E-state index in [9.17, 15) is 4.79 Å². The van der Waals surface area contributed by atoms with Crippen molar-refractivity contribution in [2.75, 3.05) is 62.9 Å². The summed E-state index contributed by atoms with van der Waals surface area (Å²) in [6, 6.07) is 6.77. The van der Waals surface area contributed by atoms with Crippen molar-refractivity contribution in [1.82, 2.24) is 20.1 Å². The van der Waals surface area contributed by atoms with Gasteiger partial charge < -0.3 is 24.3 Å². The van der Waals surface area contributed by atoms with E-state index >= 15 is 0 Å². The second-order valence-corrected chi connectivity index (χ2v) is 8.92. The van der Waals surface area contributed by atoms with E-state index in [1.165, 1.54) is 0 Å². The lowest BCUT2D eigenvalue weighted by Crippen LogP contribution is -2.51. The first-order valence-corrected chi connectivity index (χ1v) is 11.4. The summed E-state index contributed by atoms with van der Waals surface area (Å²) in [5, 5.41) is 3.45. The molecule has 3 aliphatic heterocycles. The van der Waals surface area contributed by atoms with E-state index < -0.39 is 0 Å². The first-order chi connectivity index (χ1) is 14.2. The number of benzene rings is 1. The summed E-state index contributed by atoms with van der Waals surface area (Å²) in [5.41, 5.74) is 1.60. The number of carbonyl (C=O) groups is 1. The summed E-state index contributed by atoms with van der Waals surface area (Å²) < 4.78 is 11.2. The lowest BCUT2D eigenvalue weighted by molar-refractivity contribution is -0.131. The molecule has 3 saturated heterocycles. The van der Waals surface area contributed by atoms with Crippen LogP contribution >= 0.6 is 11.8 Å². The topological polar surface area (TPSA) is 74.1 Å². The number of methoxy groups -OCH3 is 1. The van der Waals surface area contributed by atoms with Gasteiger partial charge in [-0.2, -0.15) is 4.98 Å². The Morgan fingerprint density at radius 2 is 2.14 bits per heavy atom. The highest BCUT2D eigenvalue weighted by Crippen LogP contribution is 2.27. The molecule has 3 fully saturated rings. The Labute approximate surface area is 174 Å². The van der Waals surface area contributed by atoms with E-state index in [1.54, 1.807) is 7.11 Å². The number of carbonyl (C=O) groups excluding carboxylic acids is 1. The molecule has 1 aromatic carbocycles. The van der Waals surface area contributed by atoms with E-state index in [-0.39, 0.29) is 11.9 Å². The Kier molecular flexibility index (Phi) is 5.28. The number of aromatic nitrogens is 1. The molecule has 0 unspecified atom stereocenters. The lowest BCUT2D eigenvalue weighted by atomic mass is 10.1. The fraction of sp³-hybridized carbons (Fsp3) is 0.600. The van der Waals surface area contributed by atoms with Gasteiger partial charge in [-0.1, -0.05) is 0 Å². The Balaban J connectivity index is 1.17. The van der Waals surface area contributed by atoms with Gasteiger partial charge in [0.2, 0.25) is 5.91 Å². The molecule has 0 radical (unpaired) electrons. The molecular weight excluding hydrogens is 390 g/mol. The number of rotatable bonds is 4. The molecule has 1 amide bonds. The number of fused-ring (bicyclic) bond motifs is 1. The molecule has 9 heteroatoms. The molecule has 2 aromatic rings. The number of hydrogen-bond acceptors (Lipinski definition) is 8. The van der Waals surface area contributed by atoms with Crippen LogP contribution in [0.3, 0.4) is 0 Å². The average molecular weight is 418 g/mol. The number of anilines is 1. The summed E-state index contributed by atoms with van der Waals surface area (Å²) in [6.07, 6.45) is 0.905. The van der Waals surface area contributed by atoms with Crippen LogP contribution in [0, 0.1) is 0 Å². The molecule has 3 aliphatic rings. The van der Waals surface area contributed by atoms with Crippen molar-refractivity contribution in [3.8, 4) is 5.75 Å². The van der Waals surface area contributed by atoms with E-state index in [2.05, 4.69) is 20.1 Å². The number of oxazole rings is 1. The summed E-state index contributed by atoms with van der Waals surface area (Å²) in [5.74, 6) is 2.97. The van der Waals surface area contributed by atoms with E-state index in [0.29, 0.717) is 12.1 Å². The zero-order valence-corrected chi connectivity index (χ0v) is 17.5. The second kappa shape index (κ2) is 8.04. The van der Waals surface area contributed by atoms with Crippen molar-refractivity contribution in [2.45, 2.75) is 18.5 Å². The fourth-order valence-electron chi connectivity index (χ4n) is 4.43. The van der Waals surface area contributed by atoms with Crippen molar-refractivity contribution >= 4 is 34.8 Å². The van der Waals surface area contributed by atoms with Crippen molar-refractivity contribution in [2.24, 2.45) is 0 Å². The van der Waals surface area contributed by atoms with E-state index in [0.717, 1.165) is 74.2 Å². The number of thioether (sulfide) groups is 1. The van der Waals surface area contributed by atoms with Gasteiger partial charge in [0.1, 0.15) is 11.3 Å². The molecule has 1 aromatic heterocycles. The molecule has 1 N–H and O–H groups in total. The van der Waals surface area contributed by atoms with Gasteiger partial charge in [-0.25, -0.2) is 0 Å². The largest absolute Gasteiger partial charge is 0.497 e. The molecule has 0 spiro atoms. The van der Waals surface area contributed by atoms with E-state index in [1.807, 2.05) is 34.9 Å². The molecule has 0 saturated carbocycles. The molecular formula is C20H27N5O3S. The van der Waals surface area contributed by atoms with Gasteiger partial charge >= 0.3 is 0 Å². The van der Waals surface area contributed by atoms with Crippen LogP contribution in [0.5, 0.6) is 5.75 Å². The Hall–Kier alpha value is -1.97. The fourth-order valence-corrected chi connectivity index (χ4v) is 5.38. The van der Waals surface area contributed by atoms with Gasteiger partial charge in [-0.3, -0.25) is 9.69 Å². The predicted molar refractivity (Wildman–Crippen MR) is 114 cm³/mol. The number of hydrogen-bond donors (Lipinski definition) is 1. The maximum Gasteiger partial charge on any atom is 0.298 e. The normalized spacial score (nSPS) is 25.8. The Morgan fingerprint density at radius 1 is 1.28 bits per heavy atom. The second-order valence-electron chi connectivity index (χ2n) is 7.84. The van der Waals surface area contributed by atoms with Crippen LogP contribution in [0.25, 0.3) is 11.1 Å². The molecule has 29 heavy (non-hydrogen) atoms. The third kappa shape index (κ3) is 3.78. The molecule has 0 bridgehead atoms. The number of nitrogens with zero attached hydrogens (tertiary/aromatic N) is 4. The average Bonchev–Trinajstić information content (AvgIpc) is 3.53. The molecule has 156 valence electrons. The highest BCUT2D eigenvalue weighted by molar-refractivity contribution is 7.99. The SMILES string of the molecule is COc1ccc2oc(N3CCN([C@@H]4CN[C@H](C(=O)N5CCSC5)C4)CC3)nc2c1. The summed E-state index contributed by atoms with van der Waals surface area (Å²) >= 11 is 1.84. The van der Waals surface area contributed by atoms with Crippen LogP contribution < -0.4 is 15.0 Å². The third-order valence-corrected chi connectivity index (χ3v) is 7.12. The zero-order valence-electron chi connectivity index (χ0n) is 16.7. The van der Waals surface area contributed by atoms with Gasteiger partial charge in [-0.05, 0) is 18.6 Å². The maximum absolute atomic E-state index is 12.6. The van der Waals surface area contributed by atoms with Crippen LogP contribution in [0.1, 0.15) is 6.42 Å². The minimum absolute atomic E-state index is 0.0243. The van der Waals surface area contributed by atoms with Crippen LogP contribution in [0.2, 0.25) is 0 Å². The van der Waals surface area contributed by atoms with Crippen molar-refractivity contribution in [3.63, 3.8) is 0 Å². The van der Waals surface area contributed by atoms with Crippen molar-refractivity contribution < 1.29 is 13.9 Å². The number of ether oxygens (including phenoxy) is 1. The highest BCUT2D eigenvalue weighted by Gasteiger charge is 2.37. The molecule has 5 rings (SSSR count). The molecule has 8 nitrogen and oxygen atoms in total. The van der Waals surface area contributed by atoms with Gasteiger partial charge in [0.05, 0.1) is 19.0 Å². The zero-order chi connectivity index (χ0) is 19.8. The minimum Gasteiger partial charge on any atom is -0.497 e. The predicted octanol–water partition coefficient (Wildman–Crippen LogP) is 1.22. The Bertz CT molecular complexity index is 876.